The van der Waals surface area contributed by atoms with Crippen molar-refractivity contribution in [1.29, 1.82) is 0 Å². The van der Waals surface area contributed by atoms with Crippen LogP contribution in [0.4, 0.5) is 0 Å². The highest BCUT2D eigenvalue weighted by Crippen LogP contribution is 2.32. The Hall–Kier alpha value is -3.02. The molecule has 0 radical (unpaired) electrons. The van der Waals surface area contributed by atoms with Crippen molar-refractivity contribution in [2.24, 2.45) is 0 Å². The monoisotopic (exact) mass is 366 g/mol. The lowest BCUT2D eigenvalue weighted by atomic mass is 9.98. The van der Waals surface area contributed by atoms with Crippen LogP contribution >= 0.6 is 0 Å². The summed E-state index contributed by atoms with van der Waals surface area (Å²) in [6.07, 6.45) is 0. The summed E-state index contributed by atoms with van der Waals surface area (Å²) in [6.45, 7) is 1.09. The number of phenolic OH excluding ortho intramolecular Hbond substituents is 2. The van der Waals surface area contributed by atoms with Gasteiger partial charge in [0.05, 0.1) is 13.2 Å². The molecule has 27 heavy (non-hydrogen) atoms. The highest BCUT2D eigenvalue weighted by molar-refractivity contribution is 5.75. The molecule has 0 fully saturated rings. The van der Waals surface area contributed by atoms with Crippen LogP contribution in [0.5, 0.6) is 17.2 Å². The van der Waals surface area contributed by atoms with Crippen LogP contribution in [0, 0.1) is 0 Å². The first-order valence-electron chi connectivity index (χ1n) is 8.59. The predicted molar refractivity (Wildman–Crippen MR) is 104 cm³/mol. The Kier molecular flexibility index (Phi) is 6.30. The van der Waals surface area contributed by atoms with Crippen molar-refractivity contribution in [2.75, 3.05) is 27.1 Å². The maximum absolute atomic E-state index is 9.53. The van der Waals surface area contributed by atoms with Crippen molar-refractivity contribution < 1.29 is 24.4 Å². The average Bonchev–Trinajstić information content (AvgIpc) is 2.69. The molecule has 0 saturated heterocycles. The molecule has 0 amide bonds. The van der Waals surface area contributed by atoms with E-state index in [4.69, 9.17) is 14.2 Å². The molecule has 0 unspecified atom stereocenters. The van der Waals surface area contributed by atoms with Crippen LogP contribution in [-0.4, -0.2) is 37.3 Å². The number of rotatable bonds is 8. The zero-order chi connectivity index (χ0) is 19.1. The molecule has 0 saturated carbocycles. The molecule has 3 aromatic carbocycles. The molecule has 0 heterocycles. The largest absolute Gasteiger partial charge is 0.508 e. The van der Waals surface area contributed by atoms with Crippen molar-refractivity contribution in [2.45, 2.75) is 0 Å². The predicted octanol–water partition coefficient (Wildman–Crippen LogP) is 4.43. The Morgan fingerprint density at radius 3 is 1.67 bits per heavy atom. The topological polar surface area (TPSA) is 68.2 Å². The van der Waals surface area contributed by atoms with Gasteiger partial charge in [0, 0.05) is 7.11 Å². The Morgan fingerprint density at radius 2 is 1.19 bits per heavy atom. The molecular weight excluding hydrogens is 344 g/mol. The number of aromatic hydroxyl groups is 2. The number of hydrogen-bond donors (Lipinski definition) is 2. The molecule has 140 valence electrons. The SMILES string of the molecule is COCCOCOc1cc(-c2ccc(O)cc2)cc(-c2ccc(O)cc2)c1. The first-order chi connectivity index (χ1) is 13.2. The lowest BCUT2D eigenvalue weighted by Gasteiger charge is -2.12. The van der Waals surface area contributed by atoms with Crippen molar-refractivity contribution >= 4 is 0 Å². The van der Waals surface area contributed by atoms with E-state index >= 15 is 0 Å². The van der Waals surface area contributed by atoms with Crippen molar-refractivity contribution in [3.8, 4) is 39.5 Å². The van der Waals surface area contributed by atoms with Crippen LogP contribution in [0.1, 0.15) is 0 Å². The van der Waals surface area contributed by atoms with E-state index in [1.165, 1.54) is 0 Å². The zero-order valence-electron chi connectivity index (χ0n) is 15.1. The maximum atomic E-state index is 9.53. The number of phenols is 2. The van der Waals surface area contributed by atoms with Gasteiger partial charge in [-0.3, -0.25) is 0 Å². The first-order valence-corrected chi connectivity index (χ1v) is 8.59. The average molecular weight is 366 g/mol. The van der Waals surface area contributed by atoms with Gasteiger partial charge < -0.3 is 24.4 Å². The van der Waals surface area contributed by atoms with Crippen LogP contribution < -0.4 is 4.74 Å². The summed E-state index contributed by atoms with van der Waals surface area (Å²) in [5.74, 6) is 1.11. The highest BCUT2D eigenvalue weighted by Gasteiger charge is 2.07. The van der Waals surface area contributed by atoms with Crippen LogP contribution in [0.15, 0.2) is 66.7 Å². The van der Waals surface area contributed by atoms with Crippen LogP contribution in [0.2, 0.25) is 0 Å². The van der Waals surface area contributed by atoms with Crippen LogP contribution in [0.3, 0.4) is 0 Å². The Labute approximate surface area is 158 Å². The van der Waals surface area contributed by atoms with Gasteiger partial charge in [0.2, 0.25) is 0 Å². The number of methoxy groups -OCH3 is 1. The standard InChI is InChI=1S/C22H22O5/c1-25-10-11-26-15-27-22-13-18(16-2-6-20(23)7-3-16)12-19(14-22)17-4-8-21(24)9-5-17/h2-9,12-14,23-24H,10-11,15H2,1H3. The second-order valence-electron chi connectivity index (χ2n) is 6.00. The number of benzene rings is 3. The minimum Gasteiger partial charge on any atom is -0.508 e. The van der Waals surface area contributed by atoms with E-state index in [1.54, 1.807) is 31.4 Å². The van der Waals surface area contributed by atoms with Gasteiger partial charge in [0.25, 0.3) is 0 Å². The van der Waals surface area contributed by atoms with Gasteiger partial charge in [0.1, 0.15) is 17.2 Å². The Bertz CT molecular complexity index is 793. The number of hydrogen-bond acceptors (Lipinski definition) is 5. The van der Waals surface area contributed by atoms with E-state index in [-0.39, 0.29) is 18.3 Å². The second-order valence-corrected chi connectivity index (χ2v) is 6.00. The van der Waals surface area contributed by atoms with Crippen molar-refractivity contribution in [3.05, 3.63) is 66.7 Å². The summed E-state index contributed by atoms with van der Waals surface area (Å²) in [6, 6.07) is 19.9. The fourth-order valence-corrected chi connectivity index (χ4v) is 2.63. The van der Waals surface area contributed by atoms with E-state index in [0.717, 1.165) is 22.3 Å². The third-order valence-electron chi connectivity index (χ3n) is 4.05. The molecule has 5 heteroatoms. The summed E-state index contributed by atoms with van der Waals surface area (Å²) in [7, 11) is 1.62. The Balaban J connectivity index is 1.89. The smallest absolute Gasteiger partial charge is 0.189 e. The van der Waals surface area contributed by atoms with Gasteiger partial charge in [-0.05, 0) is 64.7 Å². The van der Waals surface area contributed by atoms with E-state index in [1.807, 2.05) is 42.5 Å². The van der Waals surface area contributed by atoms with Gasteiger partial charge in [-0.15, -0.1) is 0 Å². The molecule has 0 atom stereocenters. The van der Waals surface area contributed by atoms with Gasteiger partial charge in [-0.1, -0.05) is 24.3 Å². The minimum absolute atomic E-state index is 0.122. The highest BCUT2D eigenvalue weighted by atomic mass is 16.7. The Morgan fingerprint density at radius 1 is 0.667 bits per heavy atom. The third kappa shape index (κ3) is 5.23. The molecule has 0 bridgehead atoms. The minimum atomic E-state index is 0.122. The molecule has 0 aliphatic heterocycles. The lowest BCUT2D eigenvalue weighted by Crippen LogP contribution is -2.07. The van der Waals surface area contributed by atoms with Gasteiger partial charge in [-0.25, -0.2) is 0 Å². The fraction of sp³-hybridized carbons (Fsp3) is 0.182. The van der Waals surface area contributed by atoms with Gasteiger partial charge in [0.15, 0.2) is 6.79 Å². The van der Waals surface area contributed by atoms with Crippen molar-refractivity contribution in [1.82, 2.24) is 0 Å². The van der Waals surface area contributed by atoms with Crippen LogP contribution in [-0.2, 0) is 9.47 Å². The van der Waals surface area contributed by atoms with E-state index < -0.39 is 0 Å². The summed E-state index contributed by atoms with van der Waals surface area (Å²) >= 11 is 0. The summed E-state index contributed by atoms with van der Waals surface area (Å²) < 4.78 is 16.1. The van der Waals surface area contributed by atoms with E-state index in [2.05, 4.69) is 0 Å². The summed E-state index contributed by atoms with van der Waals surface area (Å²) in [5, 5.41) is 19.1. The van der Waals surface area contributed by atoms with Crippen LogP contribution in [0.25, 0.3) is 22.3 Å². The normalized spacial score (nSPS) is 10.7. The van der Waals surface area contributed by atoms with Gasteiger partial charge in [-0.2, -0.15) is 0 Å². The number of ether oxygens (including phenoxy) is 3. The van der Waals surface area contributed by atoms with E-state index in [0.29, 0.717) is 19.0 Å². The second kappa shape index (κ2) is 9.07. The molecule has 2 N–H and O–H groups in total. The molecule has 5 nitrogen and oxygen atoms in total. The fourth-order valence-electron chi connectivity index (χ4n) is 2.63. The first kappa shape index (κ1) is 18.8. The van der Waals surface area contributed by atoms with Crippen molar-refractivity contribution in [3.63, 3.8) is 0 Å². The molecular formula is C22H22O5. The third-order valence-corrected chi connectivity index (χ3v) is 4.05. The molecule has 3 aromatic rings. The lowest BCUT2D eigenvalue weighted by molar-refractivity contribution is -0.00842. The molecule has 0 aliphatic rings. The van der Waals surface area contributed by atoms with E-state index in [9.17, 15) is 10.2 Å². The molecule has 0 aromatic heterocycles. The summed E-state index contributed by atoms with van der Waals surface area (Å²) in [5.41, 5.74) is 3.82. The molecule has 3 rings (SSSR count). The van der Waals surface area contributed by atoms with Gasteiger partial charge >= 0.3 is 0 Å². The maximum Gasteiger partial charge on any atom is 0.189 e. The molecule has 0 spiro atoms. The molecule has 0 aliphatic carbocycles. The summed E-state index contributed by atoms with van der Waals surface area (Å²) in [4.78, 5) is 0. The quantitative estimate of drug-likeness (QED) is 0.456. The zero-order valence-corrected chi connectivity index (χ0v) is 15.1.